The Balaban J connectivity index is 1.81. The summed E-state index contributed by atoms with van der Waals surface area (Å²) in [5.74, 6) is 0.961. The van der Waals surface area contributed by atoms with Gasteiger partial charge in [0.25, 0.3) is 0 Å². The molecule has 4 rings (SSSR count). The minimum absolute atomic E-state index is 0.203. The maximum absolute atomic E-state index is 10.7. The van der Waals surface area contributed by atoms with Gasteiger partial charge in [-0.05, 0) is 37.6 Å². The highest BCUT2D eigenvalue weighted by Crippen LogP contribution is 2.36. The molecule has 1 aliphatic heterocycles. The van der Waals surface area contributed by atoms with Gasteiger partial charge in [-0.1, -0.05) is 17.4 Å². The lowest BCUT2D eigenvalue weighted by Gasteiger charge is -2.30. The molecule has 4 heterocycles. The third-order valence-electron chi connectivity index (χ3n) is 4.30. The van der Waals surface area contributed by atoms with Crippen LogP contribution in [0.2, 0.25) is 0 Å². The standard InChI is InChI=1S/C15H18N4OS2/c1-10-16-15-19(17-10)14(20)13(22-15)12(11-6-5-9-21-11)18-7-3-2-4-8-18/h5-6,9,12,20H,2-4,7-8H2,1H3/p+1/t12-/m1/s1. The summed E-state index contributed by atoms with van der Waals surface area (Å²) >= 11 is 3.34. The molecule has 22 heavy (non-hydrogen) atoms. The number of nitrogens with zero attached hydrogens (tertiary/aromatic N) is 3. The molecule has 3 aromatic rings. The van der Waals surface area contributed by atoms with Gasteiger partial charge in [0.05, 0.1) is 18.0 Å². The van der Waals surface area contributed by atoms with Crippen LogP contribution in [0.25, 0.3) is 4.96 Å². The van der Waals surface area contributed by atoms with Crippen molar-refractivity contribution in [3.8, 4) is 5.88 Å². The largest absolute Gasteiger partial charge is 0.492 e. The molecule has 1 saturated heterocycles. The summed E-state index contributed by atoms with van der Waals surface area (Å²) in [7, 11) is 0. The van der Waals surface area contributed by atoms with Gasteiger partial charge < -0.3 is 10.0 Å². The number of aromatic nitrogens is 3. The maximum atomic E-state index is 10.7. The van der Waals surface area contributed by atoms with Crippen molar-refractivity contribution in [2.75, 3.05) is 13.1 Å². The Hall–Kier alpha value is -1.44. The highest BCUT2D eigenvalue weighted by molar-refractivity contribution is 7.17. The molecule has 3 aromatic heterocycles. The van der Waals surface area contributed by atoms with E-state index in [1.807, 2.05) is 6.92 Å². The molecule has 0 spiro atoms. The lowest BCUT2D eigenvalue weighted by atomic mass is 10.1. The van der Waals surface area contributed by atoms with Crippen LogP contribution in [0.3, 0.4) is 0 Å². The third kappa shape index (κ3) is 2.33. The fourth-order valence-corrected chi connectivity index (χ4v) is 5.45. The van der Waals surface area contributed by atoms with Crippen LogP contribution in [-0.4, -0.2) is 32.8 Å². The van der Waals surface area contributed by atoms with Crippen LogP contribution in [0.15, 0.2) is 17.5 Å². The number of fused-ring (bicyclic) bond motifs is 1. The van der Waals surface area contributed by atoms with Crippen molar-refractivity contribution in [3.05, 3.63) is 33.1 Å². The number of likely N-dealkylation sites (tertiary alicyclic amines) is 1. The Morgan fingerprint density at radius 2 is 2.14 bits per heavy atom. The number of thiophene rings is 1. The highest BCUT2D eigenvalue weighted by Gasteiger charge is 2.34. The molecule has 0 bridgehead atoms. The van der Waals surface area contributed by atoms with Gasteiger partial charge >= 0.3 is 0 Å². The lowest BCUT2D eigenvalue weighted by molar-refractivity contribution is -0.929. The van der Waals surface area contributed by atoms with E-state index in [4.69, 9.17) is 0 Å². The van der Waals surface area contributed by atoms with Crippen LogP contribution in [0.5, 0.6) is 5.88 Å². The summed E-state index contributed by atoms with van der Waals surface area (Å²) < 4.78 is 1.58. The summed E-state index contributed by atoms with van der Waals surface area (Å²) in [6, 6.07) is 4.47. The Labute approximate surface area is 136 Å². The van der Waals surface area contributed by atoms with Crippen molar-refractivity contribution >= 4 is 27.6 Å². The van der Waals surface area contributed by atoms with Gasteiger partial charge in [0.2, 0.25) is 10.8 Å². The molecule has 0 aromatic carbocycles. The molecule has 0 saturated carbocycles. The molecular weight excluding hydrogens is 316 g/mol. The van der Waals surface area contributed by atoms with Crippen molar-refractivity contribution in [3.63, 3.8) is 0 Å². The highest BCUT2D eigenvalue weighted by atomic mass is 32.1. The van der Waals surface area contributed by atoms with E-state index in [-0.39, 0.29) is 11.9 Å². The molecule has 0 aliphatic carbocycles. The normalized spacial score (nSPS) is 18.0. The predicted octanol–water partition coefficient (Wildman–Crippen LogP) is 2.02. The number of thiazole rings is 1. The molecule has 116 valence electrons. The summed E-state index contributed by atoms with van der Waals surface area (Å²) in [6.07, 6.45) is 3.84. The second-order valence-corrected chi connectivity index (χ2v) is 7.80. The van der Waals surface area contributed by atoms with Crippen molar-refractivity contribution < 1.29 is 10.0 Å². The first-order chi connectivity index (χ1) is 10.7. The number of quaternary nitrogens is 1. The lowest BCUT2D eigenvalue weighted by Crippen LogP contribution is -3.13. The fraction of sp³-hybridized carbons (Fsp3) is 0.467. The van der Waals surface area contributed by atoms with Crippen molar-refractivity contribution in [1.29, 1.82) is 0 Å². The molecule has 0 unspecified atom stereocenters. The predicted molar refractivity (Wildman–Crippen MR) is 88.0 cm³/mol. The van der Waals surface area contributed by atoms with E-state index in [2.05, 4.69) is 27.6 Å². The smallest absolute Gasteiger partial charge is 0.235 e. The second-order valence-electron chi connectivity index (χ2n) is 5.81. The number of hydrogen-bond donors (Lipinski definition) is 2. The number of aromatic hydroxyl groups is 1. The van der Waals surface area contributed by atoms with E-state index in [1.165, 1.54) is 24.1 Å². The first-order valence-electron chi connectivity index (χ1n) is 7.67. The Bertz CT molecular complexity index is 771. The Kier molecular flexibility index (Phi) is 3.63. The molecule has 1 atom stereocenters. The van der Waals surface area contributed by atoms with Gasteiger partial charge in [-0.25, -0.2) is 4.98 Å². The van der Waals surface area contributed by atoms with E-state index >= 15 is 0 Å². The third-order valence-corrected chi connectivity index (χ3v) is 6.32. The van der Waals surface area contributed by atoms with Crippen molar-refractivity contribution in [2.45, 2.75) is 32.2 Å². The van der Waals surface area contributed by atoms with Gasteiger partial charge in [-0.3, -0.25) is 0 Å². The van der Waals surface area contributed by atoms with Crippen molar-refractivity contribution in [2.24, 2.45) is 0 Å². The first kappa shape index (κ1) is 14.2. The summed E-state index contributed by atoms with van der Waals surface area (Å²) in [4.78, 5) is 9.04. The van der Waals surface area contributed by atoms with Crippen LogP contribution >= 0.6 is 22.7 Å². The number of nitrogens with one attached hydrogen (secondary N) is 1. The summed E-state index contributed by atoms with van der Waals surface area (Å²) in [5, 5.41) is 17.1. The van der Waals surface area contributed by atoms with Crippen LogP contribution in [0.1, 0.15) is 40.9 Å². The van der Waals surface area contributed by atoms with E-state index < -0.39 is 0 Å². The van der Waals surface area contributed by atoms with Gasteiger partial charge in [0.1, 0.15) is 10.7 Å². The zero-order valence-electron chi connectivity index (χ0n) is 12.5. The molecular formula is C15H19N4OS2+. The number of hydrogen-bond acceptors (Lipinski definition) is 5. The van der Waals surface area contributed by atoms with E-state index in [1.54, 1.807) is 32.1 Å². The molecule has 1 fully saturated rings. The van der Waals surface area contributed by atoms with Gasteiger partial charge in [0.15, 0.2) is 6.04 Å². The van der Waals surface area contributed by atoms with E-state index in [0.717, 1.165) is 22.9 Å². The zero-order chi connectivity index (χ0) is 15.1. The number of piperidine rings is 1. The van der Waals surface area contributed by atoms with Crippen LogP contribution < -0.4 is 4.90 Å². The minimum Gasteiger partial charge on any atom is -0.492 e. The van der Waals surface area contributed by atoms with Gasteiger partial charge in [-0.2, -0.15) is 4.52 Å². The van der Waals surface area contributed by atoms with Crippen molar-refractivity contribution in [1.82, 2.24) is 14.6 Å². The number of rotatable bonds is 3. The first-order valence-corrected chi connectivity index (χ1v) is 9.36. The van der Waals surface area contributed by atoms with E-state index in [0.29, 0.717) is 5.82 Å². The summed E-state index contributed by atoms with van der Waals surface area (Å²) in [5.41, 5.74) is 0. The molecule has 5 nitrogen and oxygen atoms in total. The molecule has 7 heteroatoms. The quantitative estimate of drug-likeness (QED) is 0.770. The average molecular weight is 335 g/mol. The Morgan fingerprint density at radius 3 is 2.82 bits per heavy atom. The van der Waals surface area contributed by atoms with Gasteiger partial charge in [-0.15, -0.1) is 16.4 Å². The van der Waals surface area contributed by atoms with E-state index in [9.17, 15) is 5.11 Å². The molecule has 1 aliphatic rings. The second kappa shape index (κ2) is 5.64. The van der Waals surface area contributed by atoms with Crippen LogP contribution in [0, 0.1) is 6.92 Å². The SMILES string of the molecule is Cc1nc2sc([C@@H](c3cccs3)[NH+]3CCCCC3)c(O)n2n1. The topological polar surface area (TPSA) is 54.9 Å². The number of aryl methyl sites for hydroxylation is 1. The summed E-state index contributed by atoms with van der Waals surface area (Å²) in [6.45, 7) is 4.18. The van der Waals surface area contributed by atoms with Crippen LogP contribution in [-0.2, 0) is 0 Å². The average Bonchev–Trinajstić information content (AvgIpc) is 3.22. The molecule has 0 radical (unpaired) electrons. The monoisotopic (exact) mass is 335 g/mol. The fourth-order valence-electron chi connectivity index (χ4n) is 3.30. The minimum atomic E-state index is 0.203. The van der Waals surface area contributed by atoms with Crippen LogP contribution in [0.4, 0.5) is 0 Å². The molecule has 2 N–H and O–H groups in total. The van der Waals surface area contributed by atoms with Gasteiger partial charge in [0, 0.05) is 0 Å². The Morgan fingerprint density at radius 1 is 1.32 bits per heavy atom. The zero-order valence-corrected chi connectivity index (χ0v) is 14.1. The maximum Gasteiger partial charge on any atom is 0.235 e. The molecule has 0 amide bonds.